The molecule has 1 atom stereocenters. The van der Waals surface area contributed by atoms with Crippen LogP contribution in [-0.2, 0) is 6.54 Å². The van der Waals surface area contributed by atoms with Gasteiger partial charge in [0.15, 0.2) is 23.0 Å². The van der Waals surface area contributed by atoms with E-state index in [2.05, 4.69) is 10.2 Å². The summed E-state index contributed by atoms with van der Waals surface area (Å²) in [6.45, 7) is 0.549. The van der Waals surface area contributed by atoms with Crippen LogP contribution in [0, 0.1) is 0 Å². The molecular weight excluding hydrogens is 482 g/mol. The minimum absolute atomic E-state index is 0.143. The van der Waals surface area contributed by atoms with Gasteiger partial charge in [-0.25, -0.2) is 0 Å². The highest BCUT2D eigenvalue weighted by Crippen LogP contribution is 2.45. The highest BCUT2D eigenvalue weighted by Gasteiger charge is 2.42. The SMILES string of the molecule is COc1ccc(C2c3c(-c4ccc(Cl)cc4)n[nH]c3C(=O)N2Cc2ccc3c(c2)OCO3)cc1OC. The molecule has 0 spiro atoms. The number of aromatic amines is 1. The Morgan fingerprint density at radius 3 is 2.56 bits per heavy atom. The highest BCUT2D eigenvalue weighted by atomic mass is 35.5. The molecule has 0 saturated heterocycles. The Morgan fingerprint density at radius 2 is 1.78 bits per heavy atom. The number of fused-ring (bicyclic) bond motifs is 2. The first-order chi connectivity index (χ1) is 17.6. The van der Waals surface area contributed by atoms with Crippen molar-refractivity contribution in [2.45, 2.75) is 12.6 Å². The molecule has 0 bridgehead atoms. The third-order valence-corrected chi connectivity index (χ3v) is 6.75. The number of nitrogens with zero attached hydrogens (tertiary/aromatic N) is 2. The molecule has 0 aliphatic carbocycles. The molecule has 2 aliphatic rings. The second-order valence-electron chi connectivity index (χ2n) is 8.51. The maximum atomic E-state index is 13.7. The van der Waals surface area contributed by atoms with Gasteiger partial charge in [0, 0.05) is 22.7 Å². The van der Waals surface area contributed by atoms with Gasteiger partial charge >= 0.3 is 0 Å². The van der Waals surface area contributed by atoms with E-state index in [0.29, 0.717) is 46.0 Å². The largest absolute Gasteiger partial charge is 0.493 e. The number of halogens is 1. The summed E-state index contributed by atoms with van der Waals surface area (Å²) in [5.74, 6) is 2.41. The predicted molar refractivity (Wildman–Crippen MR) is 133 cm³/mol. The second kappa shape index (κ2) is 8.80. The van der Waals surface area contributed by atoms with Crippen molar-refractivity contribution in [2.75, 3.05) is 21.0 Å². The summed E-state index contributed by atoms with van der Waals surface area (Å²) >= 11 is 6.12. The lowest BCUT2D eigenvalue weighted by molar-refractivity contribution is 0.0729. The molecule has 1 amide bonds. The average Bonchev–Trinajstić information content (AvgIpc) is 3.61. The number of H-pyrrole nitrogens is 1. The van der Waals surface area contributed by atoms with Crippen LogP contribution in [0.4, 0.5) is 0 Å². The Morgan fingerprint density at radius 1 is 1.00 bits per heavy atom. The van der Waals surface area contributed by atoms with Crippen molar-refractivity contribution in [3.8, 4) is 34.3 Å². The normalized spacial score (nSPS) is 15.8. The quantitative estimate of drug-likeness (QED) is 0.388. The molecule has 0 saturated carbocycles. The van der Waals surface area contributed by atoms with Crippen LogP contribution < -0.4 is 18.9 Å². The number of rotatable bonds is 6. The summed E-state index contributed by atoms with van der Waals surface area (Å²) < 4.78 is 22.0. The smallest absolute Gasteiger partial charge is 0.273 e. The number of carbonyl (C=O) groups excluding carboxylic acids is 1. The van der Waals surface area contributed by atoms with Gasteiger partial charge in [-0.2, -0.15) is 5.10 Å². The molecule has 3 aromatic carbocycles. The molecule has 6 rings (SSSR count). The average molecular weight is 504 g/mol. The van der Waals surface area contributed by atoms with Crippen LogP contribution in [0.5, 0.6) is 23.0 Å². The van der Waals surface area contributed by atoms with Crippen molar-refractivity contribution in [3.05, 3.63) is 88.1 Å². The van der Waals surface area contributed by atoms with Crippen molar-refractivity contribution in [3.63, 3.8) is 0 Å². The molecule has 9 heteroatoms. The molecule has 4 aromatic rings. The molecule has 1 N–H and O–H groups in total. The molecule has 1 unspecified atom stereocenters. The summed E-state index contributed by atoms with van der Waals surface area (Å²) in [5.41, 5.74) is 4.61. The third-order valence-electron chi connectivity index (χ3n) is 6.49. The molecule has 8 nitrogen and oxygen atoms in total. The van der Waals surface area contributed by atoms with Gasteiger partial charge in [0.05, 0.1) is 26.0 Å². The van der Waals surface area contributed by atoms with E-state index in [1.807, 2.05) is 65.6 Å². The van der Waals surface area contributed by atoms with Crippen LogP contribution in [0.1, 0.15) is 33.2 Å². The van der Waals surface area contributed by atoms with Crippen LogP contribution in [-0.4, -0.2) is 42.0 Å². The van der Waals surface area contributed by atoms with E-state index in [4.69, 9.17) is 30.5 Å². The van der Waals surface area contributed by atoms with E-state index < -0.39 is 6.04 Å². The van der Waals surface area contributed by atoms with Crippen molar-refractivity contribution in [1.29, 1.82) is 0 Å². The summed E-state index contributed by atoms with van der Waals surface area (Å²) in [4.78, 5) is 15.5. The lowest BCUT2D eigenvalue weighted by atomic mass is 9.95. The number of benzene rings is 3. The Balaban J connectivity index is 1.47. The van der Waals surface area contributed by atoms with E-state index in [-0.39, 0.29) is 12.7 Å². The lowest BCUT2D eigenvalue weighted by Crippen LogP contribution is -2.29. The van der Waals surface area contributed by atoms with Gasteiger partial charge in [-0.05, 0) is 47.5 Å². The number of carbonyl (C=O) groups is 1. The van der Waals surface area contributed by atoms with Crippen LogP contribution in [0.15, 0.2) is 60.7 Å². The Hall–Kier alpha value is -4.17. The summed E-state index contributed by atoms with van der Waals surface area (Å²) in [6.07, 6.45) is 0. The zero-order valence-corrected chi connectivity index (χ0v) is 20.3. The number of methoxy groups -OCH3 is 2. The predicted octanol–water partition coefficient (Wildman–Crippen LogP) is 5.22. The summed E-state index contributed by atoms with van der Waals surface area (Å²) in [7, 11) is 3.18. The van der Waals surface area contributed by atoms with Crippen LogP contribution in [0.3, 0.4) is 0 Å². The Labute approximate surface area is 212 Å². The van der Waals surface area contributed by atoms with Gasteiger partial charge in [0.25, 0.3) is 5.91 Å². The number of nitrogens with one attached hydrogen (secondary N) is 1. The standard InChI is InChI=1S/C27H22ClN3O5/c1-33-19-10-6-17(12-21(19)34-2)26-23-24(16-4-7-18(28)8-5-16)29-30-25(23)27(32)31(26)13-15-3-9-20-22(11-15)36-14-35-20/h3-12,26H,13-14H2,1-2H3,(H,29,30). The number of aromatic nitrogens is 2. The molecule has 2 aliphatic heterocycles. The van der Waals surface area contributed by atoms with E-state index in [1.54, 1.807) is 14.2 Å². The van der Waals surface area contributed by atoms with E-state index in [9.17, 15) is 4.79 Å². The lowest BCUT2D eigenvalue weighted by Gasteiger charge is -2.27. The molecule has 182 valence electrons. The molecule has 0 radical (unpaired) electrons. The monoisotopic (exact) mass is 503 g/mol. The van der Waals surface area contributed by atoms with Gasteiger partial charge in [0.1, 0.15) is 5.69 Å². The number of hydrogen-bond acceptors (Lipinski definition) is 6. The molecule has 1 aromatic heterocycles. The van der Waals surface area contributed by atoms with Crippen LogP contribution in [0.25, 0.3) is 11.3 Å². The number of hydrogen-bond donors (Lipinski definition) is 1. The van der Waals surface area contributed by atoms with Crippen LogP contribution in [0.2, 0.25) is 5.02 Å². The van der Waals surface area contributed by atoms with Crippen molar-refractivity contribution >= 4 is 17.5 Å². The fraction of sp³-hybridized carbons (Fsp3) is 0.185. The van der Waals surface area contributed by atoms with Crippen molar-refractivity contribution < 1.29 is 23.7 Å². The first-order valence-electron chi connectivity index (χ1n) is 11.3. The van der Waals surface area contributed by atoms with Gasteiger partial charge in [0.2, 0.25) is 6.79 Å². The first-order valence-corrected chi connectivity index (χ1v) is 11.7. The fourth-order valence-electron chi connectivity index (χ4n) is 4.79. The zero-order chi connectivity index (χ0) is 24.8. The topological polar surface area (TPSA) is 85.9 Å². The zero-order valence-electron chi connectivity index (χ0n) is 19.6. The maximum absolute atomic E-state index is 13.7. The second-order valence-corrected chi connectivity index (χ2v) is 8.94. The van der Waals surface area contributed by atoms with Gasteiger partial charge in [-0.15, -0.1) is 0 Å². The van der Waals surface area contributed by atoms with E-state index in [0.717, 1.165) is 22.3 Å². The van der Waals surface area contributed by atoms with Gasteiger partial charge < -0.3 is 23.8 Å². The molecule has 3 heterocycles. The molecule has 0 fully saturated rings. The van der Waals surface area contributed by atoms with Gasteiger partial charge in [-0.3, -0.25) is 9.89 Å². The van der Waals surface area contributed by atoms with E-state index in [1.165, 1.54) is 0 Å². The van der Waals surface area contributed by atoms with Crippen molar-refractivity contribution in [2.24, 2.45) is 0 Å². The van der Waals surface area contributed by atoms with Crippen molar-refractivity contribution in [1.82, 2.24) is 15.1 Å². The first kappa shape index (κ1) is 22.3. The molecular formula is C27H22ClN3O5. The minimum atomic E-state index is -0.415. The highest BCUT2D eigenvalue weighted by molar-refractivity contribution is 6.30. The number of ether oxygens (including phenoxy) is 4. The fourth-order valence-corrected chi connectivity index (χ4v) is 4.92. The molecule has 36 heavy (non-hydrogen) atoms. The van der Waals surface area contributed by atoms with Crippen LogP contribution >= 0.6 is 11.6 Å². The minimum Gasteiger partial charge on any atom is -0.493 e. The Bertz CT molecular complexity index is 1470. The third kappa shape index (κ3) is 3.61. The summed E-state index contributed by atoms with van der Waals surface area (Å²) in [5, 5.41) is 8.13. The maximum Gasteiger partial charge on any atom is 0.273 e. The Kier molecular flexibility index (Phi) is 5.45. The summed E-state index contributed by atoms with van der Waals surface area (Å²) in [6, 6.07) is 18.4. The van der Waals surface area contributed by atoms with Gasteiger partial charge in [-0.1, -0.05) is 35.9 Å². The van der Waals surface area contributed by atoms with E-state index >= 15 is 0 Å². The number of amides is 1.